The molecule has 0 saturated carbocycles. The average molecular weight is 567 g/mol. The number of barbiturate groups is 1. The Morgan fingerprint density at radius 1 is 1.03 bits per heavy atom. The van der Waals surface area contributed by atoms with Crippen LogP contribution in [0.1, 0.15) is 18.1 Å². The number of anilines is 1. The number of carbonyl (C=O) groups excluding carboxylic acids is 3. The van der Waals surface area contributed by atoms with Crippen molar-refractivity contribution in [3.63, 3.8) is 0 Å². The van der Waals surface area contributed by atoms with Crippen molar-refractivity contribution in [3.05, 3.63) is 101 Å². The van der Waals surface area contributed by atoms with Crippen molar-refractivity contribution in [2.24, 2.45) is 0 Å². The van der Waals surface area contributed by atoms with Gasteiger partial charge in [-0.1, -0.05) is 41.9 Å². The number of nitrogens with one attached hydrogen (secondary N) is 1. The molecule has 0 radical (unpaired) electrons. The SMILES string of the molecule is C=CCc1cc(/C=C2\C(=O)NC(=O)N(c3cccc(Cl)c3)C2=O)cc(OCC)c1OS(=O)(=O)c1ccccc1. The van der Waals surface area contributed by atoms with Crippen LogP contribution in [-0.2, 0) is 26.1 Å². The van der Waals surface area contributed by atoms with Crippen molar-refractivity contribution in [2.75, 3.05) is 11.5 Å². The molecule has 1 heterocycles. The minimum atomic E-state index is -4.20. The minimum absolute atomic E-state index is 0.0431. The molecule has 200 valence electrons. The fourth-order valence-corrected chi connectivity index (χ4v) is 5.03. The maximum absolute atomic E-state index is 13.3. The molecule has 11 heteroatoms. The third kappa shape index (κ3) is 6.02. The summed E-state index contributed by atoms with van der Waals surface area (Å²) in [6.45, 7) is 5.60. The van der Waals surface area contributed by atoms with E-state index in [0.717, 1.165) is 4.90 Å². The van der Waals surface area contributed by atoms with E-state index in [4.69, 9.17) is 20.5 Å². The summed E-state index contributed by atoms with van der Waals surface area (Å²) in [5.74, 6) is -1.72. The number of carbonyl (C=O) groups is 3. The number of amides is 4. The van der Waals surface area contributed by atoms with Gasteiger partial charge in [0, 0.05) is 10.6 Å². The molecule has 3 aromatic rings. The Bertz CT molecular complexity index is 1600. The molecule has 9 nitrogen and oxygen atoms in total. The van der Waals surface area contributed by atoms with Crippen LogP contribution in [0.5, 0.6) is 11.5 Å². The zero-order chi connectivity index (χ0) is 28.2. The number of allylic oxidation sites excluding steroid dienone is 1. The quantitative estimate of drug-likeness (QED) is 0.169. The van der Waals surface area contributed by atoms with E-state index in [1.54, 1.807) is 49.4 Å². The summed E-state index contributed by atoms with van der Waals surface area (Å²) < 4.78 is 37.1. The summed E-state index contributed by atoms with van der Waals surface area (Å²) in [4.78, 5) is 39.2. The van der Waals surface area contributed by atoms with Crippen LogP contribution in [0.2, 0.25) is 5.02 Å². The van der Waals surface area contributed by atoms with E-state index in [9.17, 15) is 22.8 Å². The minimum Gasteiger partial charge on any atom is -0.490 e. The highest BCUT2D eigenvalue weighted by Gasteiger charge is 2.37. The van der Waals surface area contributed by atoms with Crippen LogP contribution in [0.3, 0.4) is 0 Å². The smallest absolute Gasteiger partial charge is 0.339 e. The maximum atomic E-state index is 13.3. The van der Waals surface area contributed by atoms with Crippen molar-refractivity contribution in [3.8, 4) is 11.5 Å². The molecule has 3 aromatic carbocycles. The van der Waals surface area contributed by atoms with Gasteiger partial charge < -0.3 is 8.92 Å². The van der Waals surface area contributed by atoms with E-state index in [1.165, 1.54) is 36.4 Å². The van der Waals surface area contributed by atoms with Crippen molar-refractivity contribution in [2.45, 2.75) is 18.2 Å². The number of ether oxygens (including phenoxy) is 1. The second kappa shape index (κ2) is 11.5. The van der Waals surface area contributed by atoms with Gasteiger partial charge >= 0.3 is 16.1 Å². The molecule has 1 fully saturated rings. The molecule has 0 aliphatic carbocycles. The Kier molecular flexibility index (Phi) is 8.18. The number of benzene rings is 3. The molecule has 0 aromatic heterocycles. The second-order valence-corrected chi connectivity index (χ2v) is 10.2. The summed E-state index contributed by atoms with van der Waals surface area (Å²) in [7, 11) is -4.20. The molecule has 39 heavy (non-hydrogen) atoms. The van der Waals surface area contributed by atoms with Crippen LogP contribution in [0, 0.1) is 0 Å². The Morgan fingerprint density at radius 2 is 1.77 bits per heavy atom. The number of rotatable bonds is 9. The van der Waals surface area contributed by atoms with E-state index >= 15 is 0 Å². The number of hydrogen-bond donors (Lipinski definition) is 1. The highest BCUT2D eigenvalue weighted by Crippen LogP contribution is 2.37. The number of imide groups is 2. The molecule has 1 N–H and O–H groups in total. The van der Waals surface area contributed by atoms with Gasteiger partial charge in [-0.15, -0.1) is 6.58 Å². The van der Waals surface area contributed by atoms with Gasteiger partial charge in [0.2, 0.25) is 0 Å². The van der Waals surface area contributed by atoms with Crippen molar-refractivity contribution in [1.29, 1.82) is 0 Å². The van der Waals surface area contributed by atoms with E-state index in [1.807, 2.05) is 0 Å². The highest BCUT2D eigenvalue weighted by atomic mass is 35.5. The van der Waals surface area contributed by atoms with Crippen molar-refractivity contribution >= 4 is 51.3 Å². The lowest BCUT2D eigenvalue weighted by molar-refractivity contribution is -0.122. The van der Waals surface area contributed by atoms with Gasteiger partial charge in [0.15, 0.2) is 11.5 Å². The fourth-order valence-electron chi connectivity index (χ4n) is 3.85. The van der Waals surface area contributed by atoms with Crippen LogP contribution in [-0.4, -0.2) is 32.9 Å². The van der Waals surface area contributed by atoms with Crippen LogP contribution in [0.4, 0.5) is 10.5 Å². The van der Waals surface area contributed by atoms with Crippen molar-refractivity contribution in [1.82, 2.24) is 5.32 Å². The summed E-state index contributed by atoms with van der Waals surface area (Å²) >= 11 is 6.02. The fraction of sp³-hybridized carbons (Fsp3) is 0.107. The Morgan fingerprint density at radius 3 is 2.44 bits per heavy atom. The molecule has 4 amide bonds. The molecule has 0 bridgehead atoms. The summed E-state index contributed by atoms with van der Waals surface area (Å²) in [6.07, 6.45) is 3.01. The van der Waals surface area contributed by atoms with Crippen LogP contribution in [0.25, 0.3) is 6.08 Å². The first-order chi connectivity index (χ1) is 18.6. The zero-order valence-electron chi connectivity index (χ0n) is 20.7. The van der Waals surface area contributed by atoms with E-state index in [-0.39, 0.29) is 40.7 Å². The largest absolute Gasteiger partial charge is 0.490 e. The standard InChI is InChI=1S/C28H23ClN2O7S/c1-3-9-19-14-18(16-24(37-4-2)25(19)38-39(35,36)22-12-6-5-7-13-22)15-23-26(32)30-28(34)31(27(23)33)21-11-8-10-20(29)17-21/h3,5-8,10-17H,1,4,9H2,2H3,(H,30,32,34)/b23-15+. The topological polar surface area (TPSA) is 119 Å². The predicted molar refractivity (Wildman–Crippen MR) is 146 cm³/mol. The third-order valence-corrected chi connectivity index (χ3v) is 6.99. The van der Waals surface area contributed by atoms with Gasteiger partial charge in [-0.3, -0.25) is 14.9 Å². The molecule has 1 saturated heterocycles. The van der Waals surface area contributed by atoms with Crippen LogP contribution in [0.15, 0.2) is 89.9 Å². The molecule has 0 unspecified atom stereocenters. The van der Waals surface area contributed by atoms with E-state index < -0.39 is 28.0 Å². The monoisotopic (exact) mass is 566 g/mol. The Labute approximate surface area is 230 Å². The van der Waals surface area contributed by atoms with Crippen LogP contribution < -0.4 is 19.1 Å². The maximum Gasteiger partial charge on any atom is 0.339 e. The number of halogens is 1. The Balaban J connectivity index is 1.79. The van der Waals surface area contributed by atoms with Gasteiger partial charge in [0.1, 0.15) is 10.5 Å². The Hall–Kier alpha value is -4.41. The average Bonchev–Trinajstić information content (AvgIpc) is 2.89. The second-order valence-electron chi connectivity index (χ2n) is 8.22. The molecule has 0 atom stereocenters. The summed E-state index contributed by atoms with van der Waals surface area (Å²) in [6, 6.07) is 15.8. The predicted octanol–water partition coefficient (Wildman–Crippen LogP) is 4.90. The first-order valence-corrected chi connectivity index (χ1v) is 13.5. The molecule has 0 spiro atoms. The number of hydrogen-bond acceptors (Lipinski definition) is 7. The molecule has 1 aliphatic heterocycles. The van der Waals surface area contributed by atoms with Gasteiger partial charge in [0.25, 0.3) is 11.8 Å². The first kappa shape index (κ1) is 27.6. The number of urea groups is 1. The molecular weight excluding hydrogens is 544 g/mol. The van der Waals surface area contributed by atoms with Gasteiger partial charge in [0.05, 0.1) is 12.3 Å². The van der Waals surface area contributed by atoms with E-state index in [0.29, 0.717) is 16.1 Å². The lowest BCUT2D eigenvalue weighted by Gasteiger charge is -2.26. The first-order valence-electron chi connectivity index (χ1n) is 11.7. The van der Waals surface area contributed by atoms with Gasteiger partial charge in [-0.25, -0.2) is 9.69 Å². The van der Waals surface area contributed by atoms with Crippen molar-refractivity contribution < 1.29 is 31.7 Å². The molecule has 1 aliphatic rings. The lowest BCUT2D eigenvalue weighted by atomic mass is 10.0. The lowest BCUT2D eigenvalue weighted by Crippen LogP contribution is -2.54. The summed E-state index contributed by atoms with van der Waals surface area (Å²) in [5, 5.41) is 2.45. The van der Waals surface area contributed by atoms with Gasteiger partial charge in [-0.05, 0) is 67.4 Å². The summed E-state index contributed by atoms with van der Waals surface area (Å²) in [5.41, 5.74) is 0.570. The highest BCUT2D eigenvalue weighted by molar-refractivity contribution is 7.87. The van der Waals surface area contributed by atoms with Crippen LogP contribution >= 0.6 is 11.6 Å². The molecular formula is C28H23ClN2O7S. The zero-order valence-corrected chi connectivity index (χ0v) is 22.3. The molecule has 4 rings (SSSR count). The van der Waals surface area contributed by atoms with Gasteiger partial charge in [-0.2, -0.15) is 8.42 Å². The third-order valence-electron chi connectivity index (χ3n) is 5.52. The van der Waals surface area contributed by atoms with E-state index in [2.05, 4.69) is 11.9 Å². The number of nitrogens with zero attached hydrogens (tertiary/aromatic N) is 1. The normalized spacial score (nSPS) is 14.8.